The molecule has 0 saturated carbocycles. The van der Waals surface area contributed by atoms with Crippen LogP contribution in [0.3, 0.4) is 0 Å². The summed E-state index contributed by atoms with van der Waals surface area (Å²) in [6.45, 7) is 3.98. The van der Waals surface area contributed by atoms with E-state index in [0.717, 1.165) is 17.0 Å². The lowest BCUT2D eigenvalue weighted by atomic mass is 9.71. The zero-order valence-corrected chi connectivity index (χ0v) is 15.1. The molecule has 1 aromatic rings. The van der Waals surface area contributed by atoms with Crippen LogP contribution in [0.25, 0.3) is 0 Å². The zero-order chi connectivity index (χ0) is 19.3. The number of hydrogen-bond donors (Lipinski definition) is 1. The minimum Gasteiger partial charge on any atom is -0.392 e. The zero-order valence-electron chi connectivity index (χ0n) is 14.3. The second-order valence-electron chi connectivity index (χ2n) is 7.32. The van der Waals surface area contributed by atoms with Gasteiger partial charge in [-0.1, -0.05) is 37.7 Å². The molecule has 1 atom stereocenters. The number of carbonyl (C=O) groups is 1. The Hall–Kier alpha value is -2.20. The maximum atomic E-state index is 12.8. The van der Waals surface area contributed by atoms with E-state index < -0.39 is 17.7 Å². The van der Waals surface area contributed by atoms with Crippen LogP contribution in [0.15, 0.2) is 45.3 Å². The number of nitrogens with two attached hydrogens (primary N) is 1. The third kappa shape index (κ3) is 3.26. The van der Waals surface area contributed by atoms with Crippen LogP contribution in [0.4, 0.5) is 13.2 Å². The molecular formula is C19H17F3N2OS. The molecule has 0 radical (unpaired) electrons. The Labute approximate surface area is 153 Å². The second kappa shape index (κ2) is 6.20. The molecule has 0 bridgehead atoms. The first-order valence-electron chi connectivity index (χ1n) is 8.04. The van der Waals surface area contributed by atoms with E-state index in [2.05, 4.69) is 0 Å². The standard InChI is InChI=1S/C19H17F3N2OS/c1-18(2)7-13(25)16-14(8-18)26-17(24)12(9-23)15(16)10-3-5-11(6-4-10)19(20,21)22/h3-6,15H,7-8,24H2,1-2H3/t15-/m0/s1. The SMILES string of the molecule is CC1(C)CC(=O)C2=C(C1)SC(N)=C(C#N)[C@@H]2c1ccc(C(F)(F)F)cc1. The van der Waals surface area contributed by atoms with Crippen molar-refractivity contribution >= 4 is 17.5 Å². The molecule has 1 aliphatic carbocycles. The highest BCUT2D eigenvalue weighted by Crippen LogP contribution is 2.52. The van der Waals surface area contributed by atoms with Crippen molar-refractivity contribution in [1.82, 2.24) is 0 Å². The quantitative estimate of drug-likeness (QED) is 0.757. The number of benzene rings is 1. The molecule has 0 spiro atoms. The molecule has 1 aromatic carbocycles. The summed E-state index contributed by atoms with van der Waals surface area (Å²) in [5.74, 6) is -0.781. The van der Waals surface area contributed by atoms with E-state index in [4.69, 9.17) is 5.73 Å². The van der Waals surface area contributed by atoms with Crippen LogP contribution in [0.5, 0.6) is 0 Å². The third-order valence-corrected chi connectivity index (χ3v) is 5.70. The van der Waals surface area contributed by atoms with Crippen molar-refractivity contribution in [2.45, 2.75) is 38.8 Å². The summed E-state index contributed by atoms with van der Waals surface area (Å²) in [5, 5.41) is 9.85. The predicted octanol–water partition coefficient (Wildman–Crippen LogP) is 4.87. The topological polar surface area (TPSA) is 66.9 Å². The van der Waals surface area contributed by atoms with Gasteiger partial charge in [0.05, 0.1) is 28.2 Å². The number of Topliss-reactive ketones (excluding diaryl/α,β-unsaturated/α-hetero) is 1. The summed E-state index contributed by atoms with van der Waals surface area (Å²) in [4.78, 5) is 13.6. The number of nitrogens with zero attached hydrogens (tertiary/aromatic N) is 1. The number of allylic oxidation sites excluding steroid dienone is 3. The molecule has 3 rings (SSSR count). The molecule has 1 aliphatic heterocycles. The van der Waals surface area contributed by atoms with E-state index in [0.29, 0.717) is 29.0 Å². The molecule has 3 nitrogen and oxygen atoms in total. The maximum Gasteiger partial charge on any atom is 0.416 e. The number of carbonyl (C=O) groups excluding carboxylic acids is 1. The van der Waals surface area contributed by atoms with Crippen molar-refractivity contribution in [1.29, 1.82) is 5.26 Å². The minimum atomic E-state index is -4.44. The molecule has 0 unspecified atom stereocenters. The predicted molar refractivity (Wildman–Crippen MR) is 93.7 cm³/mol. The molecular weight excluding hydrogens is 361 g/mol. The summed E-state index contributed by atoms with van der Waals surface area (Å²) >= 11 is 1.23. The minimum absolute atomic E-state index is 0.0751. The summed E-state index contributed by atoms with van der Waals surface area (Å²) in [6.07, 6.45) is -3.46. The number of rotatable bonds is 1. The molecule has 26 heavy (non-hydrogen) atoms. The van der Waals surface area contributed by atoms with Gasteiger partial charge in [0.1, 0.15) is 0 Å². The Morgan fingerprint density at radius 1 is 1.23 bits per heavy atom. The fraction of sp³-hybridized carbons (Fsp3) is 0.368. The van der Waals surface area contributed by atoms with Gasteiger partial charge in [0.15, 0.2) is 5.78 Å². The van der Waals surface area contributed by atoms with Crippen LogP contribution in [0.2, 0.25) is 0 Å². The monoisotopic (exact) mass is 378 g/mol. The molecule has 1 heterocycles. The van der Waals surface area contributed by atoms with Crippen LogP contribution >= 0.6 is 11.8 Å². The Balaban J connectivity index is 2.12. The van der Waals surface area contributed by atoms with E-state index in [1.807, 2.05) is 19.9 Å². The van der Waals surface area contributed by atoms with Crippen molar-refractivity contribution in [2.24, 2.45) is 11.1 Å². The van der Waals surface area contributed by atoms with Gasteiger partial charge >= 0.3 is 6.18 Å². The van der Waals surface area contributed by atoms with Gasteiger partial charge in [-0.15, -0.1) is 0 Å². The van der Waals surface area contributed by atoms with Gasteiger partial charge < -0.3 is 5.73 Å². The number of alkyl halides is 3. The fourth-order valence-electron chi connectivity index (χ4n) is 3.48. The van der Waals surface area contributed by atoms with Crippen molar-refractivity contribution < 1.29 is 18.0 Å². The van der Waals surface area contributed by atoms with E-state index in [1.165, 1.54) is 23.9 Å². The molecule has 0 fully saturated rings. The maximum absolute atomic E-state index is 12.8. The van der Waals surface area contributed by atoms with Gasteiger partial charge in [-0.3, -0.25) is 4.79 Å². The number of halogens is 3. The fourth-order valence-corrected chi connectivity index (χ4v) is 4.83. The van der Waals surface area contributed by atoms with Crippen LogP contribution in [0, 0.1) is 16.7 Å². The van der Waals surface area contributed by atoms with Gasteiger partial charge in [0.2, 0.25) is 0 Å². The highest BCUT2D eigenvalue weighted by atomic mass is 32.2. The van der Waals surface area contributed by atoms with Crippen LogP contribution in [-0.4, -0.2) is 5.78 Å². The molecule has 0 amide bonds. The normalized spacial score (nSPS) is 22.9. The number of thioether (sulfide) groups is 1. The van der Waals surface area contributed by atoms with Crippen LogP contribution in [0.1, 0.15) is 43.7 Å². The smallest absolute Gasteiger partial charge is 0.392 e. The average Bonchev–Trinajstić information content (AvgIpc) is 2.51. The Morgan fingerprint density at radius 3 is 2.38 bits per heavy atom. The highest BCUT2D eigenvalue weighted by molar-refractivity contribution is 8.06. The second-order valence-corrected chi connectivity index (χ2v) is 8.46. The summed E-state index contributed by atoms with van der Waals surface area (Å²) in [6, 6.07) is 6.64. The third-order valence-electron chi connectivity index (χ3n) is 4.65. The average molecular weight is 378 g/mol. The molecule has 2 N–H and O–H groups in total. The van der Waals surface area contributed by atoms with E-state index >= 15 is 0 Å². The Morgan fingerprint density at radius 2 is 1.85 bits per heavy atom. The lowest BCUT2D eigenvalue weighted by Crippen LogP contribution is -2.30. The summed E-state index contributed by atoms with van der Waals surface area (Å²) in [5.41, 5.74) is 6.26. The van der Waals surface area contributed by atoms with Gasteiger partial charge in [-0.2, -0.15) is 18.4 Å². The number of nitriles is 1. The molecule has 136 valence electrons. The Bertz CT molecular complexity index is 874. The first kappa shape index (κ1) is 18.6. The van der Waals surface area contributed by atoms with Crippen molar-refractivity contribution in [2.75, 3.05) is 0 Å². The van der Waals surface area contributed by atoms with E-state index in [9.17, 15) is 23.2 Å². The van der Waals surface area contributed by atoms with E-state index in [-0.39, 0.29) is 16.8 Å². The number of ketones is 1. The molecule has 7 heteroatoms. The Kier molecular flexibility index (Phi) is 4.43. The highest BCUT2D eigenvalue weighted by Gasteiger charge is 2.42. The lowest BCUT2D eigenvalue weighted by molar-refractivity contribution is -0.137. The van der Waals surface area contributed by atoms with Crippen molar-refractivity contribution in [3.05, 3.63) is 56.5 Å². The van der Waals surface area contributed by atoms with Gasteiger partial charge in [-0.05, 0) is 34.4 Å². The lowest BCUT2D eigenvalue weighted by Gasteiger charge is -2.37. The molecule has 0 saturated heterocycles. The summed E-state index contributed by atoms with van der Waals surface area (Å²) < 4.78 is 38.5. The molecule has 0 aromatic heterocycles. The first-order valence-corrected chi connectivity index (χ1v) is 8.86. The molecule has 2 aliphatic rings. The van der Waals surface area contributed by atoms with Crippen LogP contribution < -0.4 is 5.73 Å². The van der Waals surface area contributed by atoms with Gasteiger partial charge in [0.25, 0.3) is 0 Å². The number of hydrogen-bond acceptors (Lipinski definition) is 4. The van der Waals surface area contributed by atoms with Crippen LogP contribution in [-0.2, 0) is 11.0 Å². The largest absolute Gasteiger partial charge is 0.416 e. The van der Waals surface area contributed by atoms with Gasteiger partial charge in [0, 0.05) is 12.0 Å². The van der Waals surface area contributed by atoms with E-state index in [1.54, 1.807) is 0 Å². The van der Waals surface area contributed by atoms with Gasteiger partial charge in [-0.25, -0.2) is 0 Å². The summed E-state index contributed by atoms with van der Waals surface area (Å²) in [7, 11) is 0. The van der Waals surface area contributed by atoms with Crippen molar-refractivity contribution in [3.63, 3.8) is 0 Å². The van der Waals surface area contributed by atoms with Crippen molar-refractivity contribution in [3.8, 4) is 6.07 Å². The first-order chi connectivity index (χ1) is 12.0.